The van der Waals surface area contributed by atoms with E-state index < -0.39 is 10.0 Å². The zero-order chi connectivity index (χ0) is 17.0. The van der Waals surface area contributed by atoms with Gasteiger partial charge in [0.05, 0.1) is 6.61 Å². The molecule has 3 rings (SSSR count). The van der Waals surface area contributed by atoms with Crippen LogP contribution in [-0.4, -0.2) is 27.7 Å². The third kappa shape index (κ3) is 4.07. The molecule has 0 aliphatic carbocycles. The summed E-state index contributed by atoms with van der Waals surface area (Å²) >= 11 is 0. The summed E-state index contributed by atoms with van der Waals surface area (Å²) in [7, 11) is -3.73. The highest BCUT2D eigenvalue weighted by Gasteiger charge is 2.27. The zero-order valence-electron chi connectivity index (χ0n) is 13.6. The number of benzene rings is 2. The second-order valence-corrected chi connectivity index (χ2v) is 7.38. The molecular formula is C18H21NO4S. The number of nitrogens with one attached hydrogen (secondary N) is 1. The van der Waals surface area contributed by atoms with Crippen LogP contribution in [0.25, 0.3) is 0 Å². The lowest BCUT2D eigenvalue weighted by Crippen LogP contribution is -2.16. The highest BCUT2D eigenvalue weighted by Crippen LogP contribution is 2.31. The van der Waals surface area contributed by atoms with Crippen molar-refractivity contribution in [2.24, 2.45) is 0 Å². The summed E-state index contributed by atoms with van der Waals surface area (Å²) in [5.74, 6) is 0.429. The van der Waals surface area contributed by atoms with Gasteiger partial charge in [-0.2, -0.15) is 0 Å². The molecule has 1 aliphatic rings. The summed E-state index contributed by atoms with van der Waals surface area (Å²) in [6.07, 6.45) is 1.74. The SMILES string of the molecule is CCCc1cccc(S(=O)(=O)Nc2ccccc2)c1OCC1CO1. The molecule has 2 aromatic carbocycles. The maximum Gasteiger partial charge on any atom is 0.265 e. The summed E-state index contributed by atoms with van der Waals surface area (Å²) in [5.41, 5.74) is 1.42. The third-order valence-corrected chi connectivity index (χ3v) is 5.12. The molecule has 128 valence electrons. The number of ether oxygens (including phenoxy) is 2. The standard InChI is InChI=1S/C18H21NO4S/c1-2-7-14-8-6-11-17(18(14)23-13-16-12-22-16)24(20,21)19-15-9-4-3-5-10-15/h3-6,8-11,16,19H,2,7,12-13H2,1H3. The monoisotopic (exact) mass is 347 g/mol. The smallest absolute Gasteiger partial charge is 0.265 e. The number of sulfonamides is 1. The van der Waals surface area contributed by atoms with Gasteiger partial charge in [-0.15, -0.1) is 0 Å². The molecule has 24 heavy (non-hydrogen) atoms. The molecule has 0 saturated carbocycles. The fourth-order valence-corrected chi connectivity index (χ4v) is 3.71. The fraction of sp³-hybridized carbons (Fsp3) is 0.333. The van der Waals surface area contributed by atoms with Crippen LogP contribution in [0.15, 0.2) is 53.4 Å². The van der Waals surface area contributed by atoms with Gasteiger partial charge in [-0.1, -0.05) is 43.7 Å². The molecule has 2 aromatic rings. The Morgan fingerprint density at radius 1 is 1.17 bits per heavy atom. The first-order valence-electron chi connectivity index (χ1n) is 8.04. The Balaban J connectivity index is 1.93. The Kier molecular flexibility index (Phi) is 5.06. The van der Waals surface area contributed by atoms with Crippen LogP contribution in [0.3, 0.4) is 0 Å². The molecule has 0 spiro atoms. The van der Waals surface area contributed by atoms with Gasteiger partial charge in [-0.3, -0.25) is 4.72 Å². The third-order valence-electron chi connectivity index (χ3n) is 3.71. The minimum atomic E-state index is -3.73. The molecule has 1 N–H and O–H groups in total. The van der Waals surface area contributed by atoms with Gasteiger partial charge in [0.15, 0.2) is 0 Å². The summed E-state index contributed by atoms with van der Waals surface area (Å²) in [6.45, 7) is 3.09. The van der Waals surface area contributed by atoms with Crippen LogP contribution < -0.4 is 9.46 Å². The van der Waals surface area contributed by atoms with E-state index in [-0.39, 0.29) is 11.0 Å². The minimum absolute atomic E-state index is 0.0670. The predicted octanol–water partition coefficient (Wildman–Crippen LogP) is 3.22. The van der Waals surface area contributed by atoms with E-state index in [1.807, 2.05) is 12.1 Å². The lowest BCUT2D eigenvalue weighted by Gasteiger charge is -2.16. The normalized spacial score (nSPS) is 16.6. The van der Waals surface area contributed by atoms with Crippen LogP contribution in [0, 0.1) is 0 Å². The first-order valence-corrected chi connectivity index (χ1v) is 9.52. The molecule has 0 radical (unpaired) electrons. The lowest BCUT2D eigenvalue weighted by atomic mass is 10.1. The van der Waals surface area contributed by atoms with Crippen molar-refractivity contribution in [2.45, 2.75) is 30.8 Å². The number of aryl methyl sites for hydroxylation is 1. The van der Waals surface area contributed by atoms with E-state index >= 15 is 0 Å². The summed E-state index contributed by atoms with van der Waals surface area (Å²) in [5, 5.41) is 0. The van der Waals surface area contributed by atoms with E-state index in [4.69, 9.17) is 9.47 Å². The first-order chi connectivity index (χ1) is 11.6. The Morgan fingerprint density at radius 2 is 1.92 bits per heavy atom. The molecule has 0 aromatic heterocycles. The molecular weight excluding hydrogens is 326 g/mol. The second kappa shape index (κ2) is 7.23. The van der Waals surface area contributed by atoms with Crippen molar-refractivity contribution in [3.05, 3.63) is 54.1 Å². The van der Waals surface area contributed by atoms with E-state index in [2.05, 4.69) is 11.6 Å². The molecule has 1 heterocycles. The quantitative estimate of drug-likeness (QED) is 0.745. The Labute approximate surface area is 142 Å². The molecule has 5 nitrogen and oxygen atoms in total. The van der Waals surface area contributed by atoms with Gasteiger partial charge in [0.2, 0.25) is 0 Å². The lowest BCUT2D eigenvalue weighted by molar-refractivity contribution is 0.256. The van der Waals surface area contributed by atoms with Crippen LogP contribution in [0.5, 0.6) is 5.75 Å². The summed E-state index contributed by atoms with van der Waals surface area (Å²) < 4.78 is 39.2. The Hall–Kier alpha value is -2.05. The highest BCUT2D eigenvalue weighted by atomic mass is 32.2. The number of anilines is 1. The van der Waals surface area contributed by atoms with Crippen molar-refractivity contribution in [1.82, 2.24) is 0 Å². The maximum absolute atomic E-state index is 12.8. The number of hydrogen-bond acceptors (Lipinski definition) is 4. The molecule has 1 fully saturated rings. The van der Waals surface area contributed by atoms with E-state index in [1.54, 1.807) is 36.4 Å². The van der Waals surface area contributed by atoms with Gasteiger partial charge >= 0.3 is 0 Å². The van der Waals surface area contributed by atoms with Crippen LogP contribution in [0.1, 0.15) is 18.9 Å². The average Bonchev–Trinajstić information content (AvgIpc) is 3.38. The van der Waals surface area contributed by atoms with Gasteiger partial charge < -0.3 is 9.47 Å². The maximum atomic E-state index is 12.8. The van der Waals surface area contributed by atoms with Crippen molar-refractivity contribution >= 4 is 15.7 Å². The Bertz CT molecular complexity index is 786. The van der Waals surface area contributed by atoms with Gasteiger partial charge in [-0.05, 0) is 30.2 Å². The van der Waals surface area contributed by atoms with E-state index in [9.17, 15) is 8.42 Å². The number of hydrogen-bond donors (Lipinski definition) is 1. The first kappa shape index (κ1) is 16.8. The Morgan fingerprint density at radius 3 is 2.58 bits per heavy atom. The van der Waals surface area contributed by atoms with Gasteiger partial charge in [0.25, 0.3) is 10.0 Å². The van der Waals surface area contributed by atoms with Crippen LogP contribution in [0.4, 0.5) is 5.69 Å². The molecule has 0 amide bonds. The summed E-state index contributed by atoms with van der Waals surface area (Å²) in [6, 6.07) is 14.1. The van der Waals surface area contributed by atoms with Crippen molar-refractivity contribution in [3.8, 4) is 5.75 Å². The number of para-hydroxylation sites is 2. The van der Waals surface area contributed by atoms with Gasteiger partial charge in [0.1, 0.15) is 23.4 Å². The van der Waals surface area contributed by atoms with Crippen LogP contribution >= 0.6 is 0 Å². The topological polar surface area (TPSA) is 67.9 Å². The summed E-state index contributed by atoms with van der Waals surface area (Å²) in [4.78, 5) is 0.165. The number of rotatable bonds is 8. The highest BCUT2D eigenvalue weighted by molar-refractivity contribution is 7.92. The van der Waals surface area contributed by atoms with Crippen molar-refractivity contribution in [3.63, 3.8) is 0 Å². The molecule has 1 saturated heterocycles. The van der Waals surface area contributed by atoms with Gasteiger partial charge in [-0.25, -0.2) is 8.42 Å². The van der Waals surface area contributed by atoms with E-state index in [0.29, 0.717) is 24.7 Å². The van der Waals surface area contributed by atoms with E-state index in [1.165, 1.54) is 0 Å². The molecule has 1 aliphatic heterocycles. The molecule has 1 unspecified atom stereocenters. The second-order valence-electron chi connectivity index (χ2n) is 5.73. The average molecular weight is 347 g/mol. The molecule has 6 heteroatoms. The van der Waals surface area contributed by atoms with Crippen LogP contribution in [0.2, 0.25) is 0 Å². The van der Waals surface area contributed by atoms with E-state index in [0.717, 1.165) is 18.4 Å². The zero-order valence-corrected chi connectivity index (χ0v) is 14.4. The van der Waals surface area contributed by atoms with Crippen molar-refractivity contribution < 1.29 is 17.9 Å². The fourth-order valence-electron chi connectivity index (χ4n) is 2.46. The predicted molar refractivity (Wildman–Crippen MR) is 92.9 cm³/mol. The van der Waals surface area contributed by atoms with Crippen LogP contribution in [-0.2, 0) is 21.2 Å². The molecule has 1 atom stereocenters. The van der Waals surface area contributed by atoms with Crippen molar-refractivity contribution in [2.75, 3.05) is 17.9 Å². The van der Waals surface area contributed by atoms with Gasteiger partial charge in [0, 0.05) is 5.69 Å². The number of epoxide rings is 1. The van der Waals surface area contributed by atoms with Crippen molar-refractivity contribution in [1.29, 1.82) is 0 Å². The largest absolute Gasteiger partial charge is 0.489 e. The molecule has 0 bridgehead atoms. The minimum Gasteiger partial charge on any atom is -0.489 e.